The van der Waals surface area contributed by atoms with Crippen LogP contribution in [0.1, 0.15) is 65.2 Å². The number of esters is 2. The fourth-order valence-corrected chi connectivity index (χ4v) is 6.29. The largest absolute Gasteiger partial charge is 0.427 e. The summed E-state index contributed by atoms with van der Waals surface area (Å²) in [4.78, 5) is 25.8. The molecule has 0 amide bonds. The van der Waals surface area contributed by atoms with Gasteiger partial charge in [-0.1, -0.05) is 32.8 Å². The highest BCUT2D eigenvalue weighted by molar-refractivity contribution is 5.99. The van der Waals surface area contributed by atoms with E-state index in [4.69, 9.17) is 9.47 Å². The molecule has 2 aliphatic heterocycles. The van der Waals surface area contributed by atoms with Crippen LogP contribution in [0, 0.1) is 23.2 Å². The number of allylic oxidation sites excluding steroid dienone is 5. The Bertz CT molecular complexity index is 871. The minimum atomic E-state index is -0.452. The van der Waals surface area contributed by atoms with Gasteiger partial charge in [-0.05, 0) is 62.5 Å². The van der Waals surface area contributed by atoms with E-state index in [9.17, 15) is 9.59 Å². The average Bonchev–Trinajstić information content (AvgIpc) is 3.19. The highest BCUT2D eigenvalue weighted by Crippen LogP contribution is 2.68. The molecule has 0 radical (unpaired) electrons. The topological polar surface area (TPSA) is 52.6 Å². The molecule has 4 heteroatoms. The van der Waals surface area contributed by atoms with Crippen LogP contribution < -0.4 is 0 Å². The first kappa shape index (κ1) is 18.0. The first-order valence-electron chi connectivity index (χ1n) is 10.9. The van der Waals surface area contributed by atoms with Crippen LogP contribution >= 0.6 is 0 Å². The molecule has 28 heavy (non-hydrogen) atoms. The molecule has 1 spiro atoms. The van der Waals surface area contributed by atoms with E-state index < -0.39 is 5.41 Å². The summed E-state index contributed by atoms with van der Waals surface area (Å²) in [6, 6.07) is 0. The number of unbranched alkanes of at least 4 members (excludes halogenated alkanes) is 2. The zero-order valence-electron chi connectivity index (χ0n) is 16.8. The Kier molecular flexibility index (Phi) is 4.15. The molecular weight excluding hydrogens is 352 g/mol. The number of carbonyl (C=O) groups excluding carboxylic acids is 2. The normalized spacial score (nSPS) is 38.4. The summed E-state index contributed by atoms with van der Waals surface area (Å²) in [6.45, 7) is 4.26. The lowest BCUT2D eigenvalue weighted by molar-refractivity contribution is -0.135. The molecule has 0 aromatic heterocycles. The summed E-state index contributed by atoms with van der Waals surface area (Å²) in [7, 11) is 0. The molecule has 4 atom stereocenters. The van der Waals surface area contributed by atoms with Crippen LogP contribution in [0.2, 0.25) is 0 Å². The molecule has 4 aliphatic carbocycles. The quantitative estimate of drug-likeness (QED) is 0.635. The Morgan fingerprint density at radius 3 is 2.64 bits per heavy atom. The molecule has 2 heterocycles. The third-order valence-electron chi connectivity index (χ3n) is 7.43. The van der Waals surface area contributed by atoms with Crippen molar-refractivity contribution >= 4 is 11.9 Å². The van der Waals surface area contributed by atoms with E-state index in [1.807, 2.05) is 0 Å². The predicted octanol–water partition coefficient (Wildman–Crippen LogP) is 5.13. The van der Waals surface area contributed by atoms with Crippen molar-refractivity contribution in [2.75, 3.05) is 0 Å². The summed E-state index contributed by atoms with van der Waals surface area (Å²) >= 11 is 0. The molecule has 2 fully saturated rings. The standard InChI is InChI=1S/C24H28O4/c1-3-5-7-18-16-10-9-15-14-11-12-24(21(15)20(16)23(26)27-18)17(13-14)22(25)28-19(24)8-6-4-2/h7-8,13-15,21H,3-6,9-12H2,1-2H3/b18-7-,19-8-/t14-,15?,21?,24+/m1/s1. The molecule has 4 nitrogen and oxygen atoms in total. The maximum atomic E-state index is 13.0. The molecule has 6 rings (SSSR count). The fourth-order valence-electron chi connectivity index (χ4n) is 6.29. The molecule has 2 bridgehead atoms. The van der Waals surface area contributed by atoms with Gasteiger partial charge in [-0.2, -0.15) is 0 Å². The summed E-state index contributed by atoms with van der Waals surface area (Å²) in [5, 5.41) is 0. The van der Waals surface area contributed by atoms with Gasteiger partial charge in [0, 0.05) is 22.6 Å². The van der Waals surface area contributed by atoms with Crippen LogP contribution in [-0.2, 0) is 19.1 Å². The zero-order chi connectivity index (χ0) is 19.5. The Hall–Kier alpha value is -2.10. The summed E-state index contributed by atoms with van der Waals surface area (Å²) in [6.07, 6.45) is 14.1. The number of fused-ring (bicyclic) bond motifs is 1. The van der Waals surface area contributed by atoms with Gasteiger partial charge in [-0.15, -0.1) is 0 Å². The van der Waals surface area contributed by atoms with Crippen molar-refractivity contribution in [1.29, 1.82) is 0 Å². The Balaban J connectivity index is 1.68. The lowest BCUT2D eigenvalue weighted by Crippen LogP contribution is -2.50. The van der Waals surface area contributed by atoms with Gasteiger partial charge in [0.25, 0.3) is 0 Å². The van der Waals surface area contributed by atoms with Gasteiger partial charge in [0.15, 0.2) is 0 Å². The van der Waals surface area contributed by atoms with E-state index >= 15 is 0 Å². The minimum absolute atomic E-state index is 0.0181. The predicted molar refractivity (Wildman–Crippen MR) is 105 cm³/mol. The van der Waals surface area contributed by atoms with E-state index in [-0.39, 0.29) is 17.9 Å². The van der Waals surface area contributed by atoms with Gasteiger partial charge < -0.3 is 9.47 Å². The van der Waals surface area contributed by atoms with Crippen LogP contribution in [-0.4, -0.2) is 11.9 Å². The van der Waals surface area contributed by atoms with E-state index in [0.717, 1.165) is 79.6 Å². The Morgan fingerprint density at radius 2 is 1.86 bits per heavy atom. The second-order valence-electron chi connectivity index (χ2n) is 8.82. The Morgan fingerprint density at radius 1 is 1.07 bits per heavy atom. The summed E-state index contributed by atoms with van der Waals surface area (Å²) in [5.74, 6) is 1.96. The van der Waals surface area contributed by atoms with Gasteiger partial charge in [-0.3, -0.25) is 0 Å². The number of rotatable bonds is 4. The van der Waals surface area contributed by atoms with Crippen molar-refractivity contribution < 1.29 is 19.1 Å². The van der Waals surface area contributed by atoms with Gasteiger partial charge in [-0.25, -0.2) is 9.59 Å². The van der Waals surface area contributed by atoms with Gasteiger partial charge in [0.1, 0.15) is 11.5 Å². The van der Waals surface area contributed by atoms with Crippen molar-refractivity contribution in [3.63, 3.8) is 0 Å². The number of hydrogen-bond donors (Lipinski definition) is 0. The molecule has 0 aromatic rings. The van der Waals surface area contributed by atoms with Crippen LogP contribution in [0.4, 0.5) is 0 Å². The summed E-state index contributed by atoms with van der Waals surface area (Å²) < 4.78 is 11.6. The molecular formula is C24H28O4. The van der Waals surface area contributed by atoms with Crippen molar-refractivity contribution in [1.82, 2.24) is 0 Å². The van der Waals surface area contributed by atoms with Crippen molar-refractivity contribution in [2.45, 2.75) is 65.2 Å². The molecule has 148 valence electrons. The SMILES string of the molecule is CCC/C=C1\OC(=O)C2=C1CCC1C2[C@@]23CC[C@@H]1C=C2C(=O)O/C3=C\CCC. The lowest BCUT2D eigenvalue weighted by Gasteiger charge is -2.54. The van der Waals surface area contributed by atoms with Crippen LogP contribution in [0.15, 0.2) is 46.5 Å². The van der Waals surface area contributed by atoms with Crippen LogP contribution in [0.5, 0.6) is 0 Å². The zero-order valence-corrected chi connectivity index (χ0v) is 16.8. The second-order valence-corrected chi connectivity index (χ2v) is 8.82. The van der Waals surface area contributed by atoms with E-state index in [1.54, 1.807) is 0 Å². The average molecular weight is 380 g/mol. The molecule has 2 unspecified atom stereocenters. The van der Waals surface area contributed by atoms with Gasteiger partial charge in [0.05, 0.1) is 5.41 Å². The van der Waals surface area contributed by atoms with E-state index in [0.29, 0.717) is 11.8 Å². The lowest BCUT2D eigenvalue weighted by atomic mass is 9.47. The van der Waals surface area contributed by atoms with Gasteiger partial charge >= 0.3 is 11.9 Å². The van der Waals surface area contributed by atoms with Gasteiger partial charge in [0.2, 0.25) is 0 Å². The van der Waals surface area contributed by atoms with Crippen molar-refractivity contribution in [3.8, 4) is 0 Å². The Labute approximate surface area is 166 Å². The molecule has 0 aromatic carbocycles. The summed E-state index contributed by atoms with van der Waals surface area (Å²) in [5.41, 5.74) is 2.29. The van der Waals surface area contributed by atoms with E-state index in [1.165, 1.54) is 0 Å². The fraction of sp³-hybridized carbons (Fsp3) is 0.583. The first-order chi connectivity index (χ1) is 13.6. The van der Waals surface area contributed by atoms with Crippen LogP contribution in [0.3, 0.4) is 0 Å². The molecule has 1 saturated carbocycles. The van der Waals surface area contributed by atoms with Crippen LogP contribution in [0.25, 0.3) is 0 Å². The maximum absolute atomic E-state index is 13.0. The van der Waals surface area contributed by atoms with E-state index in [2.05, 4.69) is 32.1 Å². The smallest absolute Gasteiger partial charge is 0.340 e. The highest BCUT2D eigenvalue weighted by atomic mass is 16.5. The number of hydrogen-bond acceptors (Lipinski definition) is 4. The number of carbonyl (C=O) groups is 2. The van der Waals surface area contributed by atoms with Crippen molar-refractivity contribution in [3.05, 3.63) is 46.5 Å². The number of ether oxygens (including phenoxy) is 2. The monoisotopic (exact) mass is 380 g/mol. The molecule has 1 saturated heterocycles. The highest BCUT2D eigenvalue weighted by Gasteiger charge is 2.66. The first-order valence-corrected chi connectivity index (χ1v) is 10.9. The maximum Gasteiger partial charge on any atom is 0.340 e. The number of cyclic esters (lactones) is 2. The second kappa shape index (κ2) is 6.47. The third-order valence-corrected chi connectivity index (χ3v) is 7.43. The minimum Gasteiger partial charge on any atom is -0.427 e. The molecule has 0 N–H and O–H groups in total. The van der Waals surface area contributed by atoms with Crippen molar-refractivity contribution in [2.24, 2.45) is 23.2 Å². The molecule has 6 aliphatic rings. The third kappa shape index (κ3) is 2.23.